The molecule has 0 aliphatic rings. The highest BCUT2D eigenvalue weighted by molar-refractivity contribution is 6.34. The first-order chi connectivity index (χ1) is 17.5. The van der Waals surface area contributed by atoms with E-state index in [4.69, 9.17) is 16.3 Å². The molecule has 4 rings (SSSR count). The molecule has 8 nitrogen and oxygen atoms in total. The van der Waals surface area contributed by atoms with E-state index in [-0.39, 0.29) is 45.7 Å². The zero-order valence-corrected chi connectivity index (χ0v) is 21.9. The van der Waals surface area contributed by atoms with Crippen molar-refractivity contribution >= 4 is 40.0 Å². The highest BCUT2D eigenvalue weighted by Gasteiger charge is 2.18. The SMILES string of the molecule is CNC(=O)c1cc2c(Oc3cc(F)c(CC(=O)Nc4cnn(C(C)(C)C)c4)cc3C)ccnc2cc1Cl. The normalized spacial score (nSPS) is 11.4. The number of amides is 2. The number of halogens is 2. The van der Waals surface area contributed by atoms with Crippen molar-refractivity contribution in [1.29, 1.82) is 0 Å². The van der Waals surface area contributed by atoms with Crippen molar-refractivity contribution in [2.24, 2.45) is 0 Å². The Kier molecular flexibility index (Phi) is 7.18. The summed E-state index contributed by atoms with van der Waals surface area (Å²) in [4.78, 5) is 29.0. The molecule has 10 heteroatoms. The summed E-state index contributed by atoms with van der Waals surface area (Å²) in [5.74, 6) is -0.627. The smallest absolute Gasteiger partial charge is 0.252 e. The van der Waals surface area contributed by atoms with Crippen LogP contribution in [0.4, 0.5) is 10.1 Å². The van der Waals surface area contributed by atoms with Gasteiger partial charge in [0.25, 0.3) is 5.91 Å². The Hall–Kier alpha value is -3.98. The zero-order chi connectivity index (χ0) is 26.9. The molecule has 2 aromatic heterocycles. The van der Waals surface area contributed by atoms with Gasteiger partial charge in [0.2, 0.25) is 5.91 Å². The molecule has 0 spiro atoms. The van der Waals surface area contributed by atoms with Crippen LogP contribution in [-0.4, -0.2) is 33.6 Å². The van der Waals surface area contributed by atoms with Crippen LogP contribution in [0.15, 0.2) is 48.9 Å². The lowest BCUT2D eigenvalue weighted by atomic mass is 10.1. The maximum absolute atomic E-state index is 15.0. The minimum atomic E-state index is -0.575. The molecule has 0 aliphatic heterocycles. The fourth-order valence-electron chi connectivity index (χ4n) is 3.76. The van der Waals surface area contributed by atoms with Crippen LogP contribution < -0.4 is 15.4 Å². The van der Waals surface area contributed by atoms with Crippen LogP contribution in [0.2, 0.25) is 5.02 Å². The quantitative estimate of drug-likeness (QED) is 0.342. The fourth-order valence-corrected chi connectivity index (χ4v) is 4.00. The molecule has 37 heavy (non-hydrogen) atoms. The number of rotatable bonds is 6. The number of anilines is 1. The van der Waals surface area contributed by atoms with Crippen LogP contribution in [-0.2, 0) is 16.8 Å². The molecule has 0 bridgehead atoms. The Morgan fingerprint density at radius 3 is 2.59 bits per heavy atom. The Morgan fingerprint density at radius 2 is 1.92 bits per heavy atom. The number of carbonyl (C=O) groups excluding carboxylic acids is 2. The molecule has 0 saturated heterocycles. The van der Waals surface area contributed by atoms with Crippen molar-refractivity contribution in [1.82, 2.24) is 20.1 Å². The summed E-state index contributed by atoms with van der Waals surface area (Å²) < 4.78 is 22.8. The first-order valence-electron chi connectivity index (χ1n) is 11.6. The van der Waals surface area contributed by atoms with E-state index in [0.717, 1.165) is 0 Å². The van der Waals surface area contributed by atoms with E-state index in [1.807, 2.05) is 20.8 Å². The Bertz CT molecular complexity index is 1510. The van der Waals surface area contributed by atoms with Gasteiger partial charge in [-0.05, 0) is 63.1 Å². The number of carbonyl (C=O) groups is 2. The summed E-state index contributed by atoms with van der Waals surface area (Å²) in [5, 5.41) is 10.4. The Morgan fingerprint density at radius 1 is 1.16 bits per heavy atom. The van der Waals surface area contributed by atoms with Gasteiger partial charge in [0.05, 0.1) is 39.9 Å². The first-order valence-corrected chi connectivity index (χ1v) is 12.0. The molecular formula is C27H27ClFN5O3. The molecule has 0 fully saturated rings. The molecule has 2 N–H and O–H groups in total. The van der Waals surface area contributed by atoms with Crippen molar-refractivity contribution < 1.29 is 18.7 Å². The summed E-state index contributed by atoms with van der Waals surface area (Å²) in [5.41, 5.74) is 1.98. The van der Waals surface area contributed by atoms with Gasteiger partial charge in [-0.25, -0.2) is 4.39 Å². The second-order valence-electron chi connectivity index (χ2n) is 9.62. The molecule has 0 saturated carbocycles. The molecule has 0 atom stereocenters. The van der Waals surface area contributed by atoms with E-state index in [1.54, 1.807) is 54.5 Å². The number of aromatic nitrogens is 3. The van der Waals surface area contributed by atoms with Crippen LogP contribution in [0.1, 0.15) is 42.3 Å². The minimum absolute atomic E-state index is 0.153. The summed E-state index contributed by atoms with van der Waals surface area (Å²) in [6.45, 7) is 7.76. The molecule has 2 amide bonds. The minimum Gasteiger partial charge on any atom is -0.456 e. The predicted octanol–water partition coefficient (Wildman–Crippen LogP) is 5.62. The number of ether oxygens (including phenoxy) is 1. The van der Waals surface area contributed by atoms with E-state index < -0.39 is 5.82 Å². The second-order valence-corrected chi connectivity index (χ2v) is 10.0. The number of hydrogen-bond acceptors (Lipinski definition) is 5. The van der Waals surface area contributed by atoms with Crippen LogP contribution in [0.3, 0.4) is 0 Å². The van der Waals surface area contributed by atoms with Gasteiger partial charge >= 0.3 is 0 Å². The standard InChI is InChI=1S/C27H27ClFN5O3/c1-15-8-16(9-25(35)33-17-13-32-34(14-17)27(2,3)4)21(29)12-24(15)37-23-6-7-31-22-11-20(28)18(10-19(22)23)26(36)30-5/h6-8,10-14H,9H2,1-5H3,(H,30,36)(H,33,35). The van der Waals surface area contributed by atoms with Gasteiger partial charge in [-0.15, -0.1) is 0 Å². The lowest BCUT2D eigenvalue weighted by molar-refractivity contribution is -0.115. The van der Waals surface area contributed by atoms with Gasteiger partial charge in [-0.1, -0.05) is 11.6 Å². The first kappa shape index (κ1) is 26.1. The average molecular weight is 524 g/mol. The third-order valence-corrected chi connectivity index (χ3v) is 6.04. The van der Waals surface area contributed by atoms with Gasteiger partial charge in [0.15, 0.2) is 0 Å². The van der Waals surface area contributed by atoms with Crippen molar-refractivity contribution in [2.45, 2.75) is 39.7 Å². The van der Waals surface area contributed by atoms with E-state index >= 15 is 4.39 Å². The maximum atomic E-state index is 15.0. The number of fused-ring (bicyclic) bond motifs is 1. The van der Waals surface area contributed by atoms with E-state index in [2.05, 4.69) is 20.7 Å². The van der Waals surface area contributed by atoms with Gasteiger partial charge in [-0.3, -0.25) is 19.3 Å². The predicted molar refractivity (Wildman–Crippen MR) is 141 cm³/mol. The largest absolute Gasteiger partial charge is 0.456 e. The molecule has 4 aromatic rings. The van der Waals surface area contributed by atoms with E-state index in [0.29, 0.717) is 27.9 Å². The van der Waals surface area contributed by atoms with Crippen LogP contribution >= 0.6 is 11.6 Å². The van der Waals surface area contributed by atoms with Crippen molar-refractivity contribution in [2.75, 3.05) is 12.4 Å². The number of nitrogens with one attached hydrogen (secondary N) is 2. The van der Waals surface area contributed by atoms with Gasteiger partial charge in [0, 0.05) is 30.9 Å². The zero-order valence-electron chi connectivity index (χ0n) is 21.1. The summed E-state index contributed by atoms with van der Waals surface area (Å²) in [6.07, 6.45) is 4.68. The molecule has 0 unspecified atom stereocenters. The maximum Gasteiger partial charge on any atom is 0.252 e. The van der Waals surface area contributed by atoms with Crippen LogP contribution in [0, 0.1) is 12.7 Å². The third-order valence-electron chi connectivity index (χ3n) is 5.73. The van der Waals surface area contributed by atoms with Gasteiger partial charge in [0.1, 0.15) is 17.3 Å². The summed E-state index contributed by atoms with van der Waals surface area (Å²) in [7, 11) is 1.51. The third kappa shape index (κ3) is 5.72. The lowest BCUT2D eigenvalue weighted by Gasteiger charge is -2.18. The summed E-state index contributed by atoms with van der Waals surface area (Å²) >= 11 is 6.24. The average Bonchev–Trinajstić information content (AvgIpc) is 3.30. The fraction of sp³-hybridized carbons (Fsp3) is 0.259. The highest BCUT2D eigenvalue weighted by atomic mass is 35.5. The number of aryl methyl sites for hydroxylation is 1. The molecule has 0 radical (unpaired) electrons. The monoisotopic (exact) mass is 523 g/mol. The Balaban J connectivity index is 1.55. The van der Waals surface area contributed by atoms with Crippen LogP contribution in [0.5, 0.6) is 11.5 Å². The Labute approximate surface area is 218 Å². The number of benzene rings is 2. The van der Waals surface area contributed by atoms with Crippen LogP contribution in [0.25, 0.3) is 10.9 Å². The molecular weight excluding hydrogens is 497 g/mol. The molecule has 0 aliphatic carbocycles. The topological polar surface area (TPSA) is 98.1 Å². The molecule has 2 heterocycles. The van der Waals surface area contributed by atoms with E-state index in [9.17, 15) is 9.59 Å². The van der Waals surface area contributed by atoms with Crippen molar-refractivity contribution in [3.63, 3.8) is 0 Å². The number of pyridine rings is 1. The highest BCUT2D eigenvalue weighted by Crippen LogP contribution is 2.34. The number of hydrogen-bond donors (Lipinski definition) is 2. The van der Waals surface area contributed by atoms with E-state index in [1.165, 1.54) is 13.1 Å². The molecule has 2 aromatic carbocycles. The summed E-state index contributed by atoms with van der Waals surface area (Å²) in [6, 6.07) is 7.62. The van der Waals surface area contributed by atoms with Crippen molar-refractivity contribution in [3.05, 3.63) is 76.5 Å². The van der Waals surface area contributed by atoms with Gasteiger partial charge < -0.3 is 15.4 Å². The van der Waals surface area contributed by atoms with Crippen molar-refractivity contribution in [3.8, 4) is 11.5 Å². The number of nitrogens with zero attached hydrogens (tertiary/aromatic N) is 3. The second kappa shape index (κ2) is 10.2. The molecule has 192 valence electrons. The lowest BCUT2D eigenvalue weighted by Crippen LogP contribution is -2.22. The van der Waals surface area contributed by atoms with Gasteiger partial charge in [-0.2, -0.15) is 5.10 Å².